The van der Waals surface area contributed by atoms with E-state index < -0.39 is 12.2 Å². The van der Waals surface area contributed by atoms with Crippen LogP contribution in [0.25, 0.3) is 0 Å². The number of para-hydroxylation sites is 1. The summed E-state index contributed by atoms with van der Waals surface area (Å²) in [7, 11) is 0. The van der Waals surface area contributed by atoms with Gasteiger partial charge in [-0.2, -0.15) is 5.01 Å². The zero-order valence-electron chi connectivity index (χ0n) is 17.6. The Kier molecular flexibility index (Phi) is 6.80. The third-order valence-electron chi connectivity index (χ3n) is 4.57. The first-order valence-corrected chi connectivity index (χ1v) is 11.5. The number of benzene rings is 3. The quantitative estimate of drug-likeness (QED) is 0.269. The molecule has 0 saturated heterocycles. The Morgan fingerprint density at radius 1 is 0.970 bits per heavy atom. The molecule has 3 aromatic carbocycles. The molecule has 1 aliphatic heterocycles. The van der Waals surface area contributed by atoms with Crippen LogP contribution in [0.2, 0.25) is 0 Å². The van der Waals surface area contributed by atoms with Crippen molar-refractivity contribution in [3.8, 4) is 17.2 Å². The molecule has 1 heterocycles. The molecule has 4 rings (SSSR count). The Morgan fingerprint density at radius 2 is 1.70 bits per heavy atom. The number of carbonyl (C=O) groups excluding carboxylic acids is 2. The highest BCUT2D eigenvalue weighted by Crippen LogP contribution is 2.38. The summed E-state index contributed by atoms with van der Waals surface area (Å²) in [5, 5.41) is 5.62. The second kappa shape index (κ2) is 9.76. The summed E-state index contributed by atoms with van der Waals surface area (Å²) in [5.41, 5.74) is 1.08. The van der Waals surface area contributed by atoms with E-state index in [-0.39, 0.29) is 17.6 Å². The summed E-state index contributed by atoms with van der Waals surface area (Å²) in [6.07, 6.45) is -0.820. The fourth-order valence-corrected chi connectivity index (χ4v) is 4.52. The van der Waals surface area contributed by atoms with Crippen LogP contribution < -0.4 is 9.47 Å². The molecule has 3 aromatic rings. The summed E-state index contributed by atoms with van der Waals surface area (Å²) in [5.74, 6) is 0.853. The lowest BCUT2D eigenvalue weighted by atomic mass is 10.1. The van der Waals surface area contributed by atoms with Gasteiger partial charge in [0.1, 0.15) is 11.5 Å². The fourth-order valence-electron chi connectivity index (χ4n) is 3.21. The van der Waals surface area contributed by atoms with Crippen LogP contribution in [0.1, 0.15) is 31.2 Å². The third-order valence-corrected chi connectivity index (χ3v) is 5.62. The number of hydrazone groups is 1. The lowest BCUT2D eigenvalue weighted by molar-refractivity contribution is -0.135. The number of amides is 1. The van der Waals surface area contributed by atoms with Crippen molar-refractivity contribution in [2.45, 2.75) is 20.1 Å². The minimum atomic E-state index is -0.820. The molecular weight excluding hydrogens is 556 g/mol. The summed E-state index contributed by atoms with van der Waals surface area (Å²) >= 11 is 6.83. The van der Waals surface area contributed by atoms with E-state index in [0.29, 0.717) is 31.6 Å². The molecule has 1 amide bonds. The molecule has 0 spiro atoms. The molecule has 168 valence electrons. The van der Waals surface area contributed by atoms with Gasteiger partial charge < -0.3 is 14.2 Å². The van der Waals surface area contributed by atoms with Gasteiger partial charge in [-0.1, -0.05) is 46.3 Å². The van der Waals surface area contributed by atoms with Crippen molar-refractivity contribution in [2.75, 3.05) is 0 Å². The van der Waals surface area contributed by atoms with Gasteiger partial charge in [-0.3, -0.25) is 9.59 Å². The first-order chi connectivity index (χ1) is 15.8. The monoisotopic (exact) mass is 572 g/mol. The van der Waals surface area contributed by atoms with E-state index in [9.17, 15) is 9.59 Å². The van der Waals surface area contributed by atoms with Gasteiger partial charge in [0.2, 0.25) is 18.0 Å². The first-order valence-electron chi connectivity index (χ1n) is 9.87. The number of esters is 1. The number of ether oxygens (including phenoxy) is 3. The lowest BCUT2D eigenvalue weighted by Gasteiger charge is -2.20. The van der Waals surface area contributed by atoms with E-state index in [4.69, 9.17) is 14.2 Å². The SMILES string of the molecule is CC(=O)Oc1c(Br)cc(Br)cc1C1=NN(C(C)=O)[C@H](c2cccc(Oc3ccccc3)c2)O1. The average molecular weight is 574 g/mol. The number of nitrogens with zero attached hydrogens (tertiary/aromatic N) is 2. The summed E-state index contributed by atoms with van der Waals surface area (Å²) in [6.45, 7) is 2.70. The van der Waals surface area contributed by atoms with Crippen molar-refractivity contribution >= 4 is 49.6 Å². The molecule has 1 aliphatic rings. The van der Waals surface area contributed by atoms with Crippen molar-refractivity contribution in [2.24, 2.45) is 5.10 Å². The van der Waals surface area contributed by atoms with Crippen LogP contribution in [0.3, 0.4) is 0 Å². The Morgan fingerprint density at radius 3 is 2.39 bits per heavy atom. The second-order valence-corrected chi connectivity index (χ2v) is 8.85. The average Bonchev–Trinajstić information content (AvgIpc) is 3.22. The zero-order chi connectivity index (χ0) is 23.5. The summed E-state index contributed by atoms with van der Waals surface area (Å²) in [6, 6.07) is 20.1. The largest absolute Gasteiger partial charge is 0.457 e. The van der Waals surface area contributed by atoms with Gasteiger partial charge in [0.25, 0.3) is 0 Å². The van der Waals surface area contributed by atoms with Gasteiger partial charge in [-0.25, -0.2) is 0 Å². The van der Waals surface area contributed by atoms with E-state index >= 15 is 0 Å². The third kappa shape index (κ3) is 5.26. The van der Waals surface area contributed by atoms with Crippen molar-refractivity contribution in [3.63, 3.8) is 0 Å². The highest BCUT2D eigenvalue weighted by Gasteiger charge is 2.35. The number of rotatable bonds is 5. The molecule has 0 N–H and O–H groups in total. The Hall–Kier alpha value is -3.17. The number of hydrogen-bond acceptors (Lipinski definition) is 6. The predicted molar refractivity (Wildman–Crippen MR) is 129 cm³/mol. The molecular formula is C24H18Br2N2O5. The number of halogens is 2. The van der Waals surface area contributed by atoms with E-state index in [1.165, 1.54) is 18.9 Å². The summed E-state index contributed by atoms with van der Waals surface area (Å²) in [4.78, 5) is 24.0. The number of carbonyl (C=O) groups is 2. The van der Waals surface area contributed by atoms with Gasteiger partial charge >= 0.3 is 5.97 Å². The molecule has 0 aromatic heterocycles. The van der Waals surface area contributed by atoms with Crippen LogP contribution in [-0.4, -0.2) is 22.8 Å². The maximum atomic E-state index is 12.4. The van der Waals surface area contributed by atoms with Crippen LogP contribution in [0.5, 0.6) is 17.2 Å². The maximum Gasteiger partial charge on any atom is 0.308 e. The zero-order valence-corrected chi connectivity index (χ0v) is 20.8. The van der Waals surface area contributed by atoms with Gasteiger partial charge in [0, 0.05) is 23.9 Å². The Balaban J connectivity index is 1.68. The predicted octanol–water partition coefficient (Wildman–Crippen LogP) is 6.17. The molecule has 0 aliphatic carbocycles. The topological polar surface area (TPSA) is 77.4 Å². The van der Waals surface area contributed by atoms with E-state index in [2.05, 4.69) is 37.0 Å². The lowest BCUT2D eigenvalue weighted by Crippen LogP contribution is -2.25. The number of hydrogen-bond donors (Lipinski definition) is 0. The molecule has 0 radical (unpaired) electrons. The van der Waals surface area contributed by atoms with Crippen LogP contribution in [0, 0.1) is 0 Å². The van der Waals surface area contributed by atoms with Crippen molar-refractivity contribution < 1.29 is 23.8 Å². The molecule has 0 bridgehead atoms. The van der Waals surface area contributed by atoms with E-state index in [0.717, 1.165) is 0 Å². The molecule has 1 atom stereocenters. The first kappa shape index (κ1) is 23.0. The summed E-state index contributed by atoms with van der Waals surface area (Å²) < 4.78 is 18.6. The normalized spacial score (nSPS) is 15.0. The second-order valence-electron chi connectivity index (χ2n) is 7.08. The highest BCUT2D eigenvalue weighted by atomic mass is 79.9. The molecule has 0 unspecified atom stereocenters. The minimum absolute atomic E-state index is 0.142. The van der Waals surface area contributed by atoms with Gasteiger partial charge in [-0.05, 0) is 52.3 Å². The van der Waals surface area contributed by atoms with Crippen molar-refractivity contribution in [3.05, 3.63) is 86.8 Å². The fraction of sp³-hybridized carbons (Fsp3) is 0.125. The molecule has 33 heavy (non-hydrogen) atoms. The van der Waals surface area contributed by atoms with E-state index in [1.54, 1.807) is 18.2 Å². The molecule has 0 fully saturated rings. The Labute approximate surface area is 207 Å². The molecule has 7 nitrogen and oxygen atoms in total. The minimum Gasteiger partial charge on any atom is -0.457 e. The van der Waals surface area contributed by atoms with Gasteiger partial charge in [0.15, 0.2) is 5.75 Å². The van der Waals surface area contributed by atoms with E-state index in [1.807, 2.05) is 48.5 Å². The Bertz CT molecular complexity index is 1250. The smallest absolute Gasteiger partial charge is 0.308 e. The molecule has 0 saturated carbocycles. The van der Waals surface area contributed by atoms with Crippen molar-refractivity contribution in [1.82, 2.24) is 5.01 Å². The van der Waals surface area contributed by atoms with Crippen LogP contribution >= 0.6 is 31.9 Å². The van der Waals surface area contributed by atoms with Crippen LogP contribution in [0.4, 0.5) is 0 Å². The van der Waals surface area contributed by atoms with Crippen LogP contribution in [0.15, 0.2) is 80.8 Å². The van der Waals surface area contributed by atoms with Gasteiger partial charge in [0.05, 0.1) is 10.0 Å². The highest BCUT2D eigenvalue weighted by molar-refractivity contribution is 9.11. The van der Waals surface area contributed by atoms with Crippen molar-refractivity contribution in [1.29, 1.82) is 0 Å². The standard InChI is InChI=1S/C24H18Br2N2O5/c1-14(29)28-24(16-7-6-10-19(11-16)32-18-8-4-3-5-9-18)33-23(27-28)20-12-17(25)13-21(26)22(20)31-15(2)30/h3-13,24H,1-2H3/t24-/m0/s1. The maximum absolute atomic E-state index is 12.4. The molecule has 9 heteroatoms. The van der Waals surface area contributed by atoms with Crippen LogP contribution in [-0.2, 0) is 14.3 Å². The van der Waals surface area contributed by atoms with Gasteiger partial charge in [-0.15, -0.1) is 5.10 Å².